The predicted molar refractivity (Wildman–Crippen MR) is 154 cm³/mol. The van der Waals surface area contributed by atoms with Crippen LogP contribution in [0.25, 0.3) is 0 Å². The molecule has 2 unspecified atom stereocenters. The van der Waals surface area contributed by atoms with Crippen LogP contribution < -0.4 is 10.6 Å². The van der Waals surface area contributed by atoms with Crippen LogP contribution in [0.1, 0.15) is 36.9 Å². The Labute approximate surface area is 246 Å². The molecule has 2 bridgehead atoms. The van der Waals surface area contributed by atoms with Gasteiger partial charge in [-0.25, -0.2) is 0 Å². The second-order valence-corrected chi connectivity index (χ2v) is 12.0. The first-order valence-electron chi connectivity index (χ1n) is 15.0. The zero-order valence-corrected chi connectivity index (χ0v) is 24.0. The molecule has 3 amide bonds. The molecule has 0 aromatic heterocycles. The molecule has 0 radical (unpaired) electrons. The summed E-state index contributed by atoms with van der Waals surface area (Å²) in [4.78, 5) is 46.1. The molecule has 224 valence electrons. The Morgan fingerprint density at radius 1 is 1.00 bits per heavy atom. The summed E-state index contributed by atoms with van der Waals surface area (Å²) >= 11 is 0. The monoisotopic (exact) mass is 576 g/mol. The van der Waals surface area contributed by atoms with E-state index < -0.39 is 35.1 Å². The molecular weight excluding hydrogens is 536 g/mol. The van der Waals surface area contributed by atoms with Gasteiger partial charge in [0.15, 0.2) is 0 Å². The van der Waals surface area contributed by atoms with E-state index in [4.69, 9.17) is 9.47 Å². The zero-order chi connectivity index (χ0) is 29.3. The third kappa shape index (κ3) is 5.00. The lowest BCUT2D eigenvalue weighted by molar-refractivity contribution is -0.150. The number of aliphatic hydroxyl groups excluding tert-OH is 1. The predicted octanol–water partition coefficient (Wildman–Crippen LogP) is 1.25. The van der Waals surface area contributed by atoms with E-state index in [0.717, 1.165) is 24.2 Å². The number of hydrogen-bond acceptors (Lipinski definition) is 7. The maximum absolute atomic E-state index is 14.5. The Kier molecular flexibility index (Phi) is 8.06. The fourth-order valence-electron chi connectivity index (χ4n) is 7.58. The summed E-state index contributed by atoms with van der Waals surface area (Å²) in [6, 6.07) is 17.1. The third-order valence-corrected chi connectivity index (χ3v) is 9.58. The average molecular weight is 577 g/mol. The first-order chi connectivity index (χ1) is 20.4. The minimum absolute atomic E-state index is 0.255. The lowest BCUT2D eigenvalue weighted by Gasteiger charge is -2.37. The fourth-order valence-corrected chi connectivity index (χ4v) is 7.58. The van der Waals surface area contributed by atoms with Crippen LogP contribution in [0.2, 0.25) is 0 Å². The number of amides is 3. The Morgan fingerprint density at radius 3 is 2.38 bits per heavy atom. The van der Waals surface area contributed by atoms with Crippen molar-refractivity contribution in [3.8, 4) is 0 Å². The van der Waals surface area contributed by atoms with Crippen molar-refractivity contribution in [2.75, 3.05) is 46.0 Å². The second kappa shape index (κ2) is 11.8. The summed E-state index contributed by atoms with van der Waals surface area (Å²) < 4.78 is 12.2. The number of morpholine rings is 1. The SMILES string of the molecule is C[C@]12CCC3(O1)C(C(=O)NCCN1CCOCC1)N([C@H](CO)c1ccccc1)C(=O)[C@@H]3[C@H]2C(=O)NCc1ccccc1. The number of rotatable bonds is 10. The number of fused-ring (bicyclic) bond motifs is 1. The van der Waals surface area contributed by atoms with Gasteiger partial charge in [-0.15, -0.1) is 0 Å². The average Bonchev–Trinajstić information content (AvgIpc) is 3.59. The minimum Gasteiger partial charge on any atom is -0.394 e. The summed E-state index contributed by atoms with van der Waals surface area (Å²) in [5.41, 5.74) is -0.356. The van der Waals surface area contributed by atoms with Crippen molar-refractivity contribution in [2.24, 2.45) is 11.8 Å². The summed E-state index contributed by atoms with van der Waals surface area (Å²) in [5, 5.41) is 16.7. The Morgan fingerprint density at radius 2 is 1.69 bits per heavy atom. The van der Waals surface area contributed by atoms with Crippen molar-refractivity contribution in [3.05, 3.63) is 71.8 Å². The number of likely N-dealkylation sites (tertiary alicyclic amines) is 1. The van der Waals surface area contributed by atoms with Crippen LogP contribution in [0.15, 0.2) is 60.7 Å². The van der Waals surface area contributed by atoms with Crippen molar-refractivity contribution in [2.45, 2.75) is 49.6 Å². The first kappa shape index (κ1) is 28.8. The van der Waals surface area contributed by atoms with Gasteiger partial charge in [0.25, 0.3) is 0 Å². The van der Waals surface area contributed by atoms with Crippen LogP contribution in [0, 0.1) is 11.8 Å². The number of nitrogens with zero attached hydrogens (tertiary/aromatic N) is 2. The first-order valence-corrected chi connectivity index (χ1v) is 15.0. The van der Waals surface area contributed by atoms with Gasteiger partial charge in [0.05, 0.1) is 43.3 Å². The summed E-state index contributed by atoms with van der Waals surface area (Å²) in [5.74, 6) is -2.49. The molecule has 2 aromatic rings. The summed E-state index contributed by atoms with van der Waals surface area (Å²) in [6.07, 6.45) is 1.04. The molecule has 6 atom stereocenters. The van der Waals surface area contributed by atoms with E-state index >= 15 is 0 Å². The van der Waals surface area contributed by atoms with E-state index in [1.165, 1.54) is 4.90 Å². The van der Waals surface area contributed by atoms with Crippen LogP contribution in [-0.4, -0.2) is 95.9 Å². The largest absolute Gasteiger partial charge is 0.394 e. The Hall–Kier alpha value is -3.31. The molecule has 2 aromatic carbocycles. The number of carbonyl (C=O) groups is 3. The quantitative estimate of drug-likeness (QED) is 0.390. The van der Waals surface area contributed by atoms with Crippen LogP contribution >= 0.6 is 0 Å². The maximum Gasteiger partial charge on any atom is 0.245 e. The lowest BCUT2D eigenvalue weighted by Crippen LogP contribution is -2.57. The van der Waals surface area contributed by atoms with E-state index in [1.807, 2.05) is 67.6 Å². The van der Waals surface area contributed by atoms with Crippen LogP contribution in [0.4, 0.5) is 0 Å². The highest BCUT2D eigenvalue weighted by atomic mass is 16.5. The van der Waals surface area contributed by atoms with Crippen molar-refractivity contribution < 1.29 is 29.0 Å². The molecular formula is C32H40N4O6. The number of ether oxygens (including phenoxy) is 2. The van der Waals surface area contributed by atoms with Gasteiger partial charge < -0.3 is 30.1 Å². The molecule has 10 nitrogen and oxygen atoms in total. The van der Waals surface area contributed by atoms with E-state index in [9.17, 15) is 19.5 Å². The maximum atomic E-state index is 14.5. The molecule has 1 spiro atoms. The normalized spacial score (nSPS) is 31.1. The van der Waals surface area contributed by atoms with Gasteiger partial charge in [0.1, 0.15) is 11.6 Å². The van der Waals surface area contributed by atoms with Gasteiger partial charge in [-0.05, 0) is 30.9 Å². The smallest absolute Gasteiger partial charge is 0.245 e. The molecule has 4 aliphatic rings. The molecule has 4 fully saturated rings. The standard InChI is InChI=1S/C32H40N4O6/c1-31-12-13-32(42-31)26(25(31)28(38)34-20-22-8-4-2-5-9-22)30(40)36(24(21-37)23-10-6-3-7-11-23)27(32)29(39)33-14-15-35-16-18-41-19-17-35/h2-11,24-27,37H,12-21H2,1H3,(H,33,39)(H,34,38)/t24-,25+,26+,27?,31-,32?/m1/s1. The van der Waals surface area contributed by atoms with Crippen LogP contribution in [0.5, 0.6) is 0 Å². The van der Waals surface area contributed by atoms with E-state index in [2.05, 4.69) is 15.5 Å². The van der Waals surface area contributed by atoms with E-state index in [1.54, 1.807) is 0 Å². The number of benzene rings is 2. The minimum atomic E-state index is -1.16. The van der Waals surface area contributed by atoms with Crippen LogP contribution in [-0.2, 0) is 30.4 Å². The van der Waals surface area contributed by atoms with Gasteiger partial charge in [-0.1, -0.05) is 60.7 Å². The third-order valence-electron chi connectivity index (χ3n) is 9.58. The molecule has 4 saturated heterocycles. The summed E-state index contributed by atoms with van der Waals surface area (Å²) in [7, 11) is 0. The van der Waals surface area contributed by atoms with Gasteiger partial charge in [0, 0.05) is 32.7 Å². The van der Waals surface area contributed by atoms with Gasteiger partial charge in [-0.2, -0.15) is 0 Å². The van der Waals surface area contributed by atoms with Gasteiger partial charge in [-0.3, -0.25) is 19.3 Å². The molecule has 0 saturated carbocycles. The van der Waals surface area contributed by atoms with Crippen molar-refractivity contribution >= 4 is 17.7 Å². The van der Waals surface area contributed by atoms with Crippen molar-refractivity contribution in [1.29, 1.82) is 0 Å². The van der Waals surface area contributed by atoms with E-state index in [0.29, 0.717) is 45.7 Å². The number of nitrogens with one attached hydrogen (secondary N) is 2. The topological polar surface area (TPSA) is 120 Å². The zero-order valence-electron chi connectivity index (χ0n) is 24.0. The molecule has 42 heavy (non-hydrogen) atoms. The van der Waals surface area contributed by atoms with Gasteiger partial charge >= 0.3 is 0 Å². The molecule has 6 rings (SSSR count). The lowest BCUT2D eigenvalue weighted by atomic mass is 9.66. The number of carbonyl (C=O) groups excluding carboxylic acids is 3. The fraction of sp³-hybridized carbons (Fsp3) is 0.531. The number of hydrogen-bond donors (Lipinski definition) is 3. The molecule has 4 heterocycles. The highest BCUT2D eigenvalue weighted by molar-refractivity contribution is 5.99. The highest BCUT2D eigenvalue weighted by Gasteiger charge is 2.78. The van der Waals surface area contributed by atoms with Crippen molar-refractivity contribution in [1.82, 2.24) is 20.4 Å². The van der Waals surface area contributed by atoms with Crippen molar-refractivity contribution in [3.63, 3.8) is 0 Å². The number of aliphatic hydroxyl groups is 1. The van der Waals surface area contributed by atoms with E-state index in [-0.39, 0.29) is 24.3 Å². The molecule has 4 aliphatic heterocycles. The Bertz CT molecular complexity index is 1290. The highest BCUT2D eigenvalue weighted by Crippen LogP contribution is 2.64. The molecule has 3 N–H and O–H groups in total. The second-order valence-electron chi connectivity index (χ2n) is 12.0. The van der Waals surface area contributed by atoms with Gasteiger partial charge in [0.2, 0.25) is 17.7 Å². The molecule has 0 aliphatic carbocycles. The Balaban J connectivity index is 1.30. The summed E-state index contributed by atoms with van der Waals surface area (Å²) in [6.45, 7) is 5.87. The van der Waals surface area contributed by atoms with Crippen LogP contribution in [0.3, 0.4) is 0 Å². The molecule has 10 heteroatoms.